The molecule has 0 N–H and O–H groups in total. The van der Waals surface area contributed by atoms with Gasteiger partial charge in [-0.25, -0.2) is 4.79 Å². The van der Waals surface area contributed by atoms with Crippen molar-refractivity contribution < 1.29 is 19.1 Å². The Labute approximate surface area is 149 Å². The van der Waals surface area contributed by atoms with E-state index < -0.39 is 5.97 Å². The normalized spacial score (nSPS) is 10.2. The Kier molecular flexibility index (Phi) is 7.00. The minimum atomic E-state index is -0.503. The predicted molar refractivity (Wildman–Crippen MR) is 95.3 cm³/mol. The Hall–Kier alpha value is -2.14. The van der Waals surface area contributed by atoms with Crippen molar-refractivity contribution in [2.75, 3.05) is 0 Å². The van der Waals surface area contributed by atoms with E-state index in [-0.39, 0.29) is 17.5 Å². The lowest BCUT2D eigenvalue weighted by Crippen LogP contribution is -2.12. The Morgan fingerprint density at radius 1 is 0.917 bits per heavy atom. The number of halogens is 1. The lowest BCUT2D eigenvalue weighted by Gasteiger charge is -2.10. The van der Waals surface area contributed by atoms with Crippen molar-refractivity contribution in [3.05, 3.63) is 58.6 Å². The molecule has 0 fully saturated rings. The molecule has 0 aliphatic carbocycles. The van der Waals surface area contributed by atoms with Crippen LogP contribution in [0.15, 0.2) is 53.0 Å². The van der Waals surface area contributed by atoms with Gasteiger partial charge in [0.2, 0.25) is 0 Å². The largest absolute Gasteiger partial charge is 0.423 e. The van der Waals surface area contributed by atoms with Gasteiger partial charge in [-0.2, -0.15) is 0 Å². The van der Waals surface area contributed by atoms with Crippen molar-refractivity contribution in [3.63, 3.8) is 0 Å². The lowest BCUT2D eigenvalue weighted by molar-refractivity contribution is -0.134. The van der Waals surface area contributed by atoms with Crippen LogP contribution in [0.25, 0.3) is 0 Å². The van der Waals surface area contributed by atoms with Gasteiger partial charge in [0.15, 0.2) is 11.5 Å². The third-order valence-electron chi connectivity index (χ3n) is 3.34. The van der Waals surface area contributed by atoms with E-state index in [0.717, 1.165) is 23.7 Å². The molecule has 4 nitrogen and oxygen atoms in total. The second-order valence-corrected chi connectivity index (χ2v) is 6.19. The molecule has 2 aromatic rings. The maximum absolute atomic E-state index is 12.2. The first-order chi connectivity index (χ1) is 11.6. The summed E-state index contributed by atoms with van der Waals surface area (Å²) in [6, 6.07) is 13.5. The number of hydrogen-bond acceptors (Lipinski definition) is 4. The Balaban J connectivity index is 2.04. The van der Waals surface area contributed by atoms with Crippen molar-refractivity contribution >= 4 is 27.9 Å². The molecule has 0 bridgehead atoms. The van der Waals surface area contributed by atoms with E-state index in [4.69, 9.17) is 9.47 Å². The number of esters is 2. The summed E-state index contributed by atoms with van der Waals surface area (Å²) in [6.45, 7) is 2.07. The zero-order valence-corrected chi connectivity index (χ0v) is 15.0. The molecule has 0 spiro atoms. The van der Waals surface area contributed by atoms with Crippen LogP contribution in [0, 0.1) is 0 Å². The number of hydrogen-bond donors (Lipinski definition) is 0. The molecular weight excluding hydrogens is 372 g/mol. The van der Waals surface area contributed by atoms with Gasteiger partial charge in [0.25, 0.3) is 0 Å². The summed E-state index contributed by atoms with van der Waals surface area (Å²) in [7, 11) is 0. The minimum absolute atomic E-state index is 0.231. The van der Waals surface area contributed by atoms with Crippen LogP contribution >= 0.6 is 15.9 Å². The van der Waals surface area contributed by atoms with E-state index in [1.165, 1.54) is 0 Å². The summed E-state index contributed by atoms with van der Waals surface area (Å²) in [5.41, 5.74) is 0.419. The molecule has 0 amide bonds. The number of unbranched alkanes of at least 4 members (excludes halogenated alkanes) is 2. The van der Waals surface area contributed by atoms with Gasteiger partial charge in [-0.15, -0.1) is 0 Å². The van der Waals surface area contributed by atoms with E-state index in [9.17, 15) is 9.59 Å². The molecule has 0 radical (unpaired) electrons. The highest BCUT2D eigenvalue weighted by molar-refractivity contribution is 9.10. The average molecular weight is 391 g/mol. The highest BCUT2D eigenvalue weighted by atomic mass is 79.9. The molecule has 2 rings (SSSR count). The van der Waals surface area contributed by atoms with Crippen LogP contribution in [-0.2, 0) is 4.79 Å². The highest BCUT2D eigenvalue weighted by Crippen LogP contribution is 2.28. The van der Waals surface area contributed by atoms with Crippen LogP contribution in [-0.4, -0.2) is 11.9 Å². The summed E-state index contributed by atoms with van der Waals surface area (Å²) in [6.07, 6.45) is 3.16. The quantitative estimate of drug-likeness (QED) is 0.372. The molecule has 5 heteroatoms. The number of ether oxygens (including phenoxy) is 2. The summed E-state index contributed by atoms with van der Waals surface area (Å²) in [4.78, 5) is 24.1. The van der Waals surface area contributed by atoms with Crippen molar-refractivity contribution in [1.29, 1.82) is 0 Å². The van der Waals surface area contributed by atoms with Crippen molar-refractivity contribution in [1.82, 2.24) is 0 Å². The first kappa shape index (κ1) is 18.2. The van der Waals surface area contributed by atoms with Gasteiger partial charge < -0.3 is 9.47 Å². The van der Waals surface area contributed by atoms with Gasteiger partial charge in [-0.05, 0) is 42.8 Å². The van der Waals surface area contributed by atoms with Crippen LogP contribution < -0.4 is 9.47 Å². The SMILES string of the molecule is CCCCCC(=O)Oc1ccccc1OC(=O)c1ccc(Br)cc1. The Bertz CT molecular complexity index is 695. The molecule has 24 heavy (non-hydrogen) atoms. The van der Waals surface area contributed by atoms with Gasteiger partial charge >= 0.3 is 11.9 Å². The Morgan fingerprint density at radius 2 is 1.54 bits per heavy atom. The number of para-hydroxylation sites is 2. The third-order valence-corrected chi connectivity index (χ3v) is 3.87. The third kappa shape index (κ3) is 5.49. The second-order valence-electron chi connectivity index (χ2n) is 5.27. The van der Waals surface area contributed by atoms with Crippen LogP contribution in [0.4, 0.5) is 0 Å². The van der Waals surface area contributed by atoms with Crippen LogP contribution in [0.3, 0.4) is 0 Å². The molecule has 0 aliphatic heterocycles. The van der Waals surface area contributed by atoms with E-state index in [1.807, 2.05) is 0 Å². The lowest BCUT2D eigenvalue weighted by atomic mass is 10.2. The number of carbonyl (C=O) groups is 2. The van der Waals surface area contributed by atoms with E-state index in [0.29, 0.717) is 12.0 Å². The van der Waals surface area contributed by atoms with E-state index in [2.05, 4.69) is 22.9 Å². The Morgan fingerprint density at radius 3 is 2.17 bits per heavy atom. The van der Waals surface area contributed by atoms with Gasteiger partial charge in [0, 0.05) is 10.9 Å². The zero-order chi connectivity index (χ0) is 17.4. The summed E-state index contributed by atoms with van der Waals surface area (Å²) >= 11 is 3.32. The molecule has 0 saturated carbocycles. The van der Waals surface area contributed by atoms with Crippen molar-refractivity contribution in [2.45, 2.75) is 32.6 Å². The fourth-order valence-electron chi connectivity index (χ4n) is 2.06. The average Bonchev–Trinajstić information content (AvgIpc) is 2.57. The molecule has 0 aliphatic rings. The maximum Gasteiger partial charge on any atom is 0.343 e. The molecule has 0 saturated heterocycles. The minimum Gasteiger partial charge on any atom is -0.423 e. The molecule has 0 unspecified atom stereocenters. The predicted octanol–water partition coefficient (Wildman–Crippen LogP) is 5.15. The first-order valence-electron chi connectivity index (χ1n) is 7.87. The maximum atomic E-state index is 12.2. The van der Waals surface area contributed by atoms with Crippen molar-refractivity contribution in [3.8, 4) is 11.5 Å². The smallest absolute Gasteiger partial charge is 0.343 e. The fraction of sp³-hybridized carbons (Fsp3) is 0.263. The standard InChI is InChI=1S/C19H19BrO4/c1-2-3-4-9-18(21)23-16-7-5-6-8-17(16)24-19(22)14-10-12-15(20)13-11-14/h5-8,10-13H,2-4,9H2,1H3. The van der Waals surface area contributed by atoms with Crippen LogP contribution in [0.5, 0.6) is 11.5 Å². The number of rotatable bonds is 7. The summed E-state index contributed by atoms with van der Waals surface area (Å²) in [5.74, 6) is -0.341. The van der Waals surface area contributed by atoms with Gasteiger partial charge in [-0.1, -0.05) is 47.8 Å². The van der Waals surface area contributed by atoms with Gasteiger partial charge in [0.1, 0.15) is 0 Å². The second kappa shape index (κ2) is 9.23. The zero-order valence-electron chi connectivity index (χ0n) is 13.5. The fourth-order valence-corrected chi connectivity index (χ4v) is 2.32. The molecule has 2 aromatic carbocycles. The summed E-state index contributed by atoms with van der Waals surface area (Å²) < 4.78 is 11.6. The van der Waals surface area contributed by atoms with Crippen LogP contribution in [0.2, 0.25) is 0 Å². The molecule has 0 aromatic heterocycles. The topological polar surface area (TPSA) is 52.6 Å². The highest BCUT2D eigenvalue weighted by Gasteiger charge is 2.14. The van der Waals surface area contributed by atoms with E-state index >= 15 is 0 Å². The number of carbonyl (C=O) groups excluding carboxylic acids is 2. The van der Waals surface area contributed by atoms with Gasteiger partial charge in [-0.3, -0.25) is 4.79 Å². The monoisotopic (exact) mass is 390 g/mol. The molecule has 0 heterocycles. The van der Waals surface area contributed by atoms with Crippen LogP contribution in [0.1, 0.15) is 43.0 Å². The first-order valence-corrected chi connectivity index (χ1v) is 8.67. The summed E-state index contributed by atoms with van der Waals surface area (Å²) in [5, 5.41) is 0. The van der Waals surface area contributed by atoms with Crippen molar-refractivity contribution in [2.24, 2.45) is 0 Å². The molecule has 126 valence electrons. The van der Waals surface area contributed by atoms with Gasteiger partial charge in [0.05, 0.1) is 5.56 Å². The number of benzene rings is 2. The molecule has 0 atom stereocenters. The molecular formula is C19H19BrO4. The van der Waals surface area contributed by atoms with E-state index in [1.54, 1.807) is 48.5 Å².